The predicted molar refractivity (Wildman–Crippen MR) is 76.9 cm³/mol. The first-order chi connectivity index (χ1) is 9.56. The summed E-state index contributed by atoms with van der Waals surface area (Å²) in [6, 6.07) is 6.08. The number of halogens is 1. The standard InChI is InChI=1S/C13H13FN2O2S2/c1-16-12(20-9-6-4-8(14)5-7-9)10(13(17)18-2)11(15-16)19-3/h4-7H,1-3H3. The maximum atomic E-state index is 12.9. The van der Waals surface area contributed by atoms with Crippen LogP contribution in [0.4, 0.5) is 4.39 Å². The minimum Gasteiger partial charge on any atom is -0.465 e. The molecule has 0 bridgehead atoms. The maximum absolute atomic E-state index is 12.9. The molecule has 20 heavy (non-hydrogen) atoms. The van der Waals surface area contributed by atoms with Crippen LogP contribution in [0.1, 0.15) is 10.4 Å². The number of benzene rings is 1. The van der Waals surface area contributed by atoms with Crippen molar-refractivity contribution in [3.63, 3.8) is 0 Å². The normalized spacial score (nSPS) is 10.6. The number of methoxy groups -OCH3 is 1. The highest BCUT2D eigenvalue weighted by atomic mass is 32.2. The van der Waals surface area contributed by atoms with Gasteiger partial charge < -0.3 is 4.74 Å². The van der Waals surface area contributed by atoms with Crippen molar-refractivity contribution in [2.45, 2.75) is 14.9 Å². The molecule has 4 nitrogen and oxygen atoms in total. The van der Waals surface area contributed by atoms with Crippen molar-refractivity contribution in [2.24, 2.45) is 7.05 Å². The molecular formula is C13H13FN2O2S2. The van der Waals surface area contributed by atoms with Crippen molar-refractivity contribution < 1.29 is 13.9 Å². The topological polar surface area (TPSA) is 44.1 Å². The average molecular weight is 312 g/mol. The van der Waals surface area contributed by atoms with Crippen LogP contribution in [-0.4, -0.2) is 29.1 Å². The maximum Gasteiger partial charge on any atom is 0.343 e. The summed E-state index contributed by atoms with van der Waals surface area (Å²) in [5, 5.41) is 5.58. The van der Waals surface area contributed by atoms with Gasteiger partial charge in [0.05, 0.1) is 7.11 Å². The molecule has 1 aromatic heterocycles. The Bertz CT molecular complexity index is 626. The fourth-order valence-electron chi connectivity index (χ4n) is 1.64. The van der Waals surface area contributed by atoms with Crippen LogP contribution in [0.3, 0.4) is 0 Å². The summed E-state index contributed by atoms with van der Waals surface area (Å²) in [7, 11) is 3.10. The van der Waals surface area contributed by atoms with E-state index in [0.29, 0.717) is 15.6 Å². The van der Waals surface area contributed by atoms with E-state index >= 15 is 0 Å². The molecule has 2 rings (SSSR count). The summed E-state index contributed by atoms with van der Waals surface area (Å²) in [5.74, 6) is -0.718. The van der Waals surface area contributed by atoms with Gasteiger partial charge in [-0.3, -0.25) is 4.68 Å². The predicted octanol–water partition coefficient (Wildman–Crippen LogP) is 3.22. The highest BCUT2D eigenvalue weighted by Crippen LogP contribution is 2.34. The molecule has 0 aliphatic rings. The van der Waals surface area contributed by atoms with E-state index in [9.17, 15) is 9.18 Å². The first kappa shape index (κ1) is 14.9. The lowest BCUT2D eigenvalue weighted by Gasteiger charge is -2.05. The molecule has 0 unspecified atom stereocenters. The third-order valence-electron chi connectivity index (χ3n) is 2.57. The second-order valence-corrected chi connectivity index (χ2v) is 5.72. The van der Waals surface area contributed by atoms with Crippen LogP contribution >= 0.6 is 23.5 Å². The molecule has 0 aliphatic carbocycles. The molecule has 0 radical (unpaired) electrons. The molecule has 0 N–H and O–H groups in total. The Hall–Kier alpha value is -1.47. The van der Waals surface area contributed by atoms with Crippen LogP contribution in [-0.2, 0) is 11.8 Å². The summed E-state index contributed by atoms with van der Waals surface area (Å²) >= 11 is 2.73. The fourth-order valence-corrected chi connectivity index (χ4v) is 3.24. The number of ether oxygens (including phenoxy) is 1. The van der Waals surface area contributed by atoms with E-state index in [1.807, 2.05) is 6.26 Å². The first-order valence-corrected chi connectivity index (χ1v) is 7.73. The van der Waals surface area contributed by atoms with Gasteiger partial charge >= 0.3 is 5.97 Å². The Balaban J connectivity index is 2.42. The third kappa shape index (κ3) is 2.99. The lowest BCUT2D eigenvalue weighted by Crippen LogP contribution is -2.03. The van der Waals surface area contributed by atoms with E-state index in [1.54, 1.807) is 23.9 Å². The number of carbonyl (C=O) groups excluding carboxylic acids is 1. The molecule has 106 valence electrons. The number of thioether (sulfide) groups is 1. The van der Waals surface area contributed by atoms with Gasteiger partial charge in [0.25, 0.3) is 0 Å². The van der Waals surface area contributed by atoms with Gasteiger partial charge in [-0.1, -0.05) is 11.8 Å². The summed E-state index contributed by atoms with van der Waals surface area (Å²) < 4.78 is 19.4. The van der Waals surface area contributed by atoms with Crippen LogP contribution in [0.5, 0.6) is 0 Å². The van der Waals surface area contributed by atoms with Gasteiger partial charge in [0.2, 0.25) is 0 Å². The molecule has 0 aliphatic heterocycles. The van der Waals surface area contributed by atoms with E-state index < -0.39 is 5.97 Å². The second kappa shape index (κ2) is 6.32. The molecule has 2 aromatic rings. The van der Waals surface area contributed by atoms with Gasteiger partial charge in [0.15, 0.2) is 0 Å². The van der Waals surface area contributed by atoms with Gasteiger partial charge in [-0.25, -0.2) is 9.18 Å². The van der Waals surface area contributed by atoms with Gasteiger partial charge in [-0.2, -0.15) is 5.10 Å². The Morgan fingerprint density at radius 2 is 2.00 bits per heavy atom. The minimum absolute atomic E-state index is 0.294. The number of esters is 1. The Morgan fingerprint density at radius 1 is 1.35 bits per heavy atom. The van der Waals surface area contributed by atoms with Crippen molar-refractivity contribution in [1.29, 1.82) is 0 Å². The summed E-state index contributed by atoms with van der Waals surface area (Å²) in [4.78, 5) is 12.7. The van der Waals surface area contributed by atoms with Crippen LogP contribution < -0.4 is 0 Å². The highest BCUT2D eigenvalue weighted by molar-refractivity contribution is 8.00. The SMILES string of the molecule is COC(=O)c1c(SC)nn(C)c1Sc1ccc(F)cc1. The quantitative estimate of drug-likeness (QED) is 0.640. The molecule has 0 saturated heterocycles. The van der Waals surface area contributed by atoms with Gasteiger partial charge in [0, 0.05) is 11.9 Å². The molecule has 0 spiro atoms. The van der Waals surface area contributed by atoms with Crippen LogP contribution in [0.2, 0.25) is 0 Å². The second-order valence-electron chi connectivity index (χ2n) is 3.86. The number of carbonyl (C=O) groups is 1. The first-order valence-electron chi connectivity index (χ1n) is 5.69. The lowest BCUT2D eigenvalue weighted by atomic mass is 10.3. The summed E-state index contributed by atoms with van der Waals surface area (Å²) in [6.45, 7) is 0. The van der Waals surface area contributed by atoms with E-state index in [4.69, 9.17) is 4.74 Å². The van der Waals surface area contributed by atoms with Crippen molar-refractivity contribution >= 4 is 29.5 Å². The van der Waals surface area contributed by atoms with Gasteiger partial charge in [-0.05, 0) is 30.5 Å². The van der Waals surface area contributed by atoms with Gasteiger partial charge in [0.1, 0.15) is 21.4 Å². The third-order valence-corrected chi connectivity index (χ3v) is 4.42. The zero-order chi connectivity index (χ0) is 14.7. The van der Waals surface area contributed by atoms with E-state index in [1.165, 1.54) is 42.8 Å². The molecule has 0 atom stereocenters. The summed E-state index contributed by atoms with van der Waals surface area (Å²) in [6.07, 6.45) is 1.85. The van der Waals surface area contributed by atoms with E-state index in [0.717, 1.165) is 4.90 Å². The number of hydrogen-bond donors (Lipinski definition) is 0. The summed E-state index contributed by atoms with van der Waals surface area (Å²) in [5.41, 5.74) is 0.442. The van der Waals surface area contributed by atoms with Crippen LogP contribution in [0.25, 0.3) is 0 Å². The minimum atomic E-state index is -0.424. The smallest absolute Gasteiger partial charge is 0.343 e. The largest absolute Gasteiger partial charge is 0.465 e. The number of nitrogens with zero attached hydrogens (tertiary/aromatic N) is 2. The van der Waals surface area contributed by atoms with Crippen molar-refractivity contribution in [1.82, 2.24) is 9.78 Å². The number of rotatable bonds is 4. The van der Waals surface area contributed by atoms with Crippen molar-refractivity contribution in [2.75, 3.05) is 13.4 Å². The van der Waals surface area contributed by atoms with Crippen LogP contribution in [0, 0.1) is 5.82 Å². The Kier molecular flexibility index (Phi) is 4.72. The van der Waals surface area contributed by atoms with Crippen molar-refractivity contribution in [3.8, 4) is 0 Å². The number of aryl methyl sites for hydroxylation is 1. The van der Waals surface area contributed by atoms with E-state index in [2.05, 4.69) is 5.10 Å². The molecule has 1 aromatic carbocycles. The number of aromatic nitrogens is 2. The number of hydrogen-bond acceptors (Lipinski definition) is 5. The Labute approximate surface area is 124 Å². The molecule has 0 saturated carbocycles. The molecule has 0 amide bonds. The molecule has 0 fully saturated rings. The fraction of sp³-hybridized carbons (Fsp3) is 0.231. The molecular weight excluding hydrogens is 299 g/mol. The van der Waals surface area contributed by atoms with Gasteiger partial charge in [-0.15, -0.1) is 11.8 Å². The Morgan fingerprint density at radius 3 is 2.55 bits per heavy atom. The monoisotopic (exact) mass is 312 g/mol. The van der Waals surface area contributed by atoms with Crippen molar-refractivity contribution in [3.05, 3.63) is 35.6 Å². The lowest BCUT2D eigenvalue weighted by molar-refractivity contribution is 0.0592. The molecule has 7 heteroatoms. The highest BCUT2D eigenvalue weighted by Gasteiger charge is 2.23. The zero-order valence-corrected chi connectivity index (χ0v) is 12.8. The van der Waals surface area contributed by atoms with E-state index in [-0.39, 0.29) is 5.82 Å². The van der Waals surface area contributed by atoms with Crippen LogP contribution in [0.15, 0.2) is 39.2 Å². The zero-order valence-electron chi connectivity index (χ0n) is 11.2. The molecule has 1 heterocycles. The average Bonchev–Trinajstić information content (AvgIpc) is 2.77.